The quantitative estimate of drug-likeness (QED) is 0.788. The molecule has 0 aliphatic carbocycles. The highest BCUT2D eigenvalue weighted by Gasteiger charge is 2.39. The molecule has 1 aromatic rings. The molecule has 0 radical (unpaired) electrons. The highest BCUT2D eigenvalue weighted by molar-refractivity contribution is 5.79. The number of aryl methyl sites for hydroxylation is 2. The van der Waals surface area contributed by atoms with Crippen molar-refractivity contribution in [3.05, 3.63) is 16.3 Å². The van der Waals surface area contributed by atoms with Crippen molar-refractivity contribution in [1.29, 1.82) is 0 Å². The lowest BCUT2D eigenvalue weighted by molar-refractivity contribution is -0.139. The minimum atomic E-state index is -0.139. The Hall–Kier alpha value is -1.67. The van der Waals surface area contributed by atoms with E-state index in [1.807, 2.05) is 4.90 Å². The van der Waals surface area contributed by atoms with Crippen LogP contribution in [-0.2, 0) is 24.8 Å². The zero-order valence-corrected chi connectivity index (χ0v) is 16.3. The SMILES string of the molecule is Cn1nc2n(c1=O)C[C@H](C(=O)N1CCC(CO)(CN3CCCC3)CC1)CC2. The van der Waals surface area contributed by atoms with E-state index >= 15 is 0 Å². The van der Waals surface area contributed by atoms with E-state index in [0.29, 0.717) is 26.1 Å². The lowest BCUT2D eigenvalue weighted by Gasteiger charge is -2.43. The van der Waals surface area contributed by atoms with Crippen LogP contribution in [0, 0.1) is 11.3 Å². The Balaban J connectivity index is 1.37. The third-order valence-corrected chi connectivity index (χ3v) is 6.78. The molecule has 2 fully saturated rings. The van der Waals surface area contributed by atoms with Gasteiger partial charge in [0, 0.05) is 45.1 Å². The van der Waals surface area contributed by atoms with Crippen molar-refractivity contribution in [3.8, 4) is 0 Å². The molecule has 3 aliphatic heterocycles. The van der Waals surface area contributed by atoms with Gasteiger partial charge in [-0.3, -0.25) is 9.36 Å². The predicted octanol–water partition coefficient (Wildman–Crippen LogP) is -0.159. The van der Waals surface area contributed by atoms with E-state index in [4.69, 9.17) is 0 Å². The van der Waals surface area contributed by atoms with Crippen molar-refractivity contribution in [2.24, 2.45) is 18.4 Å². The first-order valence-corrected chi connectivity index (χ1v) is 10.3. The Kier molecular flexibility index (Phi) is 5.11. The van der Waals surface area contributed by atoms with Gasteiger partial charge in [-0.1, -0.05) is 0 Å². The summed E-state index contributed by atoms with van der Waals surface area (Å²) >= 11 is 0. The number of hydrogen-bond donors (Lipinski definition) is 1. The van der Waals surface area contributed by atoms with E-state index in [1.165, 1.54) is 17.5 Å². The monoisotopic (exact) mass is 377 g/mol. The summed E-state index contributed by atoms with van der Waals surface area (Å²) in [5, 5.41) is 14.3. The lowest BCUT2D eigenvalue weighted by atomic mass is 9.78. The highest BCUT2D eigenvalue weighted by atomic mass is 16.3. The maximum Gasteiger partial charge on any atom is 0.345 e. The summed E-state index contributed by atoms with van der Waals surface area (Å²) < 4.78 is 3.01. The molecule has 1 atom stereocenters. The minimum Gasteiger partial charge on any atom is -0.396 e. The normalized spacial score (nSPS) is 25.6. The van der Waals surface area contributed by atoms with Crippen molar-refractivity contribution in [1.82, 2.24) is 24.1 Å². The third kappa shape index (κ3) is 3.57. The maximum absolute atomic E-state index is 13.0. The lowest BCUT2D eigenvalue weighted by Crippen LogP contribution is -2.51. The van der Waals surface area contributed by atoms with Crippen LogP contribution in [0.15, 0.2) is 4.79 Å². The van der Waals surface area contributed by atoms with Gasteiger partial charge >= 0.3 is 5.69 Å². The molecule has 150 valence electrons. The maximum atomic E-state index is 13.0. The van der Waals surface area contributed by atoms with Gasteiger partial charge in [-0.05, 0) is 45.2 Å². The summed E-state index contributed by atoms with van der Waals surface area (Å²) in [5.74, 6) is 0.804. The molecule has 0 bridgehead atoms. The summed E-state index contributed by atoms with van der Waals surface area (Å²) in [6.07, 6.45) is 5.65. The highest BCUT2D eigenvalue weighted by Crippen LogP contribution is 2.34. The number of rotatable bonds is 4. The van der Waals surface area contributed by atoms with Gasteiger partial charge in [-0.25, -0.2) is 9.48 Å². The second kappa shape index (κ2) is 7.39. The zero-order valence-electron chi connectivity index (χ0n) is 16.3. The largest absolute Gasteiger partial charge is 0.396 e. The van der Waals surface area contributed by atoms with Gasteiger partial charge < -0.3 is 14.9 Å². The number of likely N-dealkylation sites (tertiary alicyclic amines) is 2. The molecule has 0 saturated carbocycles. The molecule has 27 heavy (non-hydrogen) atoms. The second-order valence-electron chi connectivity index (χ2n) is 8.64. The molecular formula is C19H31N5O3. The Labute approximate surface area is 159 Å². The molecule has 1 amide bonds. The standard InChI is InChI=1S/C19H31N5O3/c1-21-18(27)24-12-15(4-5-16(24)20-21)17(26)23-10-6-19(14-25,7-11-23)13-22-8-2-3-9-22/h15,25H,2-14H2,1H3/t15-/m1/s1. The van der Waals surface area contributed by atoms with Crippen LogP contribution in [0.2, 0.25) is 0 Å². The van der Waals surface area contributed by atoms with Gasteiger partial charge in [-0.2, -0.15) is 5.10 Å². The summed E-state index contributed by atoms with van der Waals surface area (Å²) in [6.45, 7) is 5.27. The van der Waals surface area contributed by atoms with Crippen LogP contribution in [-0.4, -0.2) is 74.5 Å². The second-order valence-corrected chi connectivity index (χ2v) is 8.64. The number of fused-ring (bicyclic) bond motifs is 1. The molecule has 2 saturated heterocycles. The van der Waals surface area contributed by atoms with Gasteiger partial charge in [0.05, 0.1) is 12.5 Å². The van der Waals surface area contributed by atoms with Crippen molar-refractivity contribution in [2.45, 2.75) is 45.1 Å². The number of aromatic nitrogens is 3. The van der Waals surface area contributed by atoms with E-state index in [0.717, 1.165) is 44.7 Å². The molecule has 0 spiro atoms. The predicted molar refractivity (Wildman–Crippen MR) is 100 cm³/mol. The molecule has 0 aromatic carbocycles. The van der Waals surface area contributed by atoms with E-state index in [2.05, 4.69) is 10.00 Å². The fourth-order valence-electron chi connectivity index (χ4n) is 4.98. The van der Waals surface area contributed by atoms with Gasteiger partial charge in [0.15, 0.2) is 0 Å². The molecule has 8 nitrogen and oxygen atoms in total. The molecular weight excluding hydrogens is 346 g/mol. The summed E-state index contributed by atoms with van der Waals surface area (Å²) in [4.78, 5) is 29.6. The van der Waals surface area contributed by atoms with Gasteiger partial charge in [-0.15, -0.1) is 0 Å². The van der Waals surface area contributed by atoms with Crippen LogP contribution in [0.3, 0.4) is 0 Å². The molecule has 0 unspecified atom stereocenters. The van der Waals surface area contributed by atoms with Crippen molar-refractivity contribution < 1.29 is 9.90 Å². The number of aliphatic hydroxyl groups excluding tert-OH is 1. The molecule has 3 aliphatic rings. The van der Waals surface area contributed by atoms with Crippen LogP contribution < -0.4 is 5.69 Å². The van der Waals surface area contributed by atoms with Crippen molar-refractivity contribution >= 4 is 5.91 Å². The first-order valence-electron chi connectivity index (χ1n) is 10.3. The van der Waals surface area contributed by atoms with E-state index in [9.17, 15) is 14.7 Å². The number of carbonyl (C=O) groups excluding carboxylic acids is 1. The van der Waals surface area contributed by atoms with Crippen LogP contribution in [0.4, 0.5) is 0 Å². The first-order chi connectivity index (χ1) is 13.0. The fourth-order valence-corrected chi connectivity index (χ4v) is 4.98. The Morgan fingerprint density at radius 3 is 2.59 bits per heavy atom. The van der Waals surface area contributed by atoms with E-state index in [-0.39, 0.29) is 29.5 Å². The summed E-state index contributed by atoms with van der Waals surface area (Å²) in [6, 6.07) is 0. The third-order valence-electron chi connectivity index (χ3n) is 6.78. The van der Waals surface area contributed by atoms with Gasteiger partial charge in [0.2, 0.25) is 5.91 Å². The number of nitrogens with zero attached hydrogens (tertiary/aromatic N) is 5. The molecule has 4 rings (SSSR count). The Bertz CT molecular complexity index is 741. The topological polar surface area (TPSA) is 83.6 Å². The summed E-state index contributed by atoms with van der Waals surface area (Å²) in [5.41, 5.74) is -0.202. The number of aliphatic hydroxyl groups is 1. The molecule has 4 heterocycles. The molecule has 8 heteroatoms. The van der Waals surface area contributed by atoms with E-state index in [1.54, 1.807) is 11.6 Å². The average molecular weight is 377 g/mol. The Morgan fingerprint density at radius 1 is 1.22 bits per heavy atom. The van der Waals surface area contributed by atoms with Crippen LogP contribution in [0.1, 0.15) is 37.9 Å². The molecule has 1 aromatic heterocycles. The van der Waals surface area contributed by atoms with Crippen LogP contribution in [0.5, 0.6) is 0 Å². The average Bonchev–Trinajstić information content (AvgIpc) is 3.30. The van der Waals surface area contributed by atoms with Gasteiger partial charge in [0.25, 0.3) is 0 Å². The number of hydrogen-bond acceptors (Lipinski definition) is 5. The van der Waals surface area contributed by atoms with Gasteiger partial charge in [0.1, 0.15) is 5.82 Å². The van der Waals surface area contributed by atoms with E-state index < -0.39 is 0 Å². The fraction of sp³-hybridized carbons (Fsp3) is 0.842. The summed E-state index contributed by atoms with van der Waals surface area (Å²) in [7, 11) is 1.66. The number of amides is 1. The number of piperidine rings is 1. The number of carbonyl (C=O) groups is 1. The van der Waals surface area contributed by atoms with Crippen LogP contribution >= 0.6 is 0 Å². The van der Waals surface area contributed by atoms with Crippen molar-refractivity contribution in [2.75, 3.05) is 39.3 Å². The zero-order chi connectivity index (χ0) is 19.0. The molecule has 1 N–H and O–H groups in total. The van der Waals surface area contributed by atoms with Crippen LogP contribution in [0.25, 0.3) is 0 Å². The minimum absolute atomic E-state index is 0.0683. The van der Waals surface area contributed by atoms with Crippen molar-refractivity contribution in [3.63, 3.8) is 0 Å². The smallest absolute Gasteiger partial charge is 0.345 e. The Morgan fingerprint density at radius 2 is 1.93 bits per heavy atom. The first kappa shape index (κ1) is 18.7.